The van der Waals surface area contributed by atoms with Crippen molar-refractivity contribution in [2.24, 2.45) is 0 Å². The molecule has 0 amide bonds. The van der Waals surface area contributed by atoms with E-state index in [2.05, 4.69) is 65.7 Å². The van der Waals surface area contributed by atoms with E-state index in [0.717, 1.165) is 26.1 Å². The predicted octanol–water partition coefficient (Wildman–Crippen LogP) is 3.14. The summed E-state index contributed by atoms with van der Waals surface area (Å²) in [5.74, 6) is 0. The van der Waals surface area contributed by atoms with Gasteiger partial charge in [-0.15, -0.1) is 0 Å². The average molecular weight is 280 g/mol. The molecule has 0 aliphatic carbocycles. The maximum Gasteiger partial charge on any atom is 0.0268 e. The third-order valence-corrected chi connectivity index (χ3v) is 4.37. The van der Waals surface area contributed by atoms with Crippen molar-refractivity contribution in [2.45, 2.75) is 32.5 Å². The number of hydrogen-bond donors (Lipinski definition) is 1. The molecule has 3 rings (SSSR count). The smallest absolute Gasteiger partial charge is 0.0268 e. The van der Waals surface area contributed by atoms with E-state index in [9.17, 15) is 0 Å². The van der Waals surface area contributed by atoms with Gasteiger partial charge in [-0.3, -0.25) is 4.90 Å². The molecule has 1 aliphatic heterocycles. The van der Waals surface area contributed by atoms with E-state index in [0.29, 0.717) is 6.04 Å². The largest absolute Gasteiger partial charge is 0.318 e. The van der Waals surface area contributed by atoms with Gasteiger partial charge >= 0.3 is 0 Å². The molecule has 0 saturated heterocycles. The highest BCUT2D eigenvalue weighted by Crippen LogP contribution is 2.24. The van der Waals surface area contributed by atoms with Gasteiger partial charge in [-0.05, 0) is 37.1 Å². The average Bonchev–Trinajstić information content (AvgIpc) is 2.48. The van der Waals surface area contributed by atoms with Crippen LogP contribution in [0.3, 0.4) is 0 Å². The molecule has 1 atom stereocenters. The van der Waals surface area contributed by atoms with Crippen LogP contribution in [0, 0.1) is 6.92 Å². The monoisotopic (exact) mass is 280 g/mol. The quantitative estimate of drug-likeness (QED) is 0.925. The van der Waals surface area contributed by atoms with Crippen LogP contribution < -0.4 is 5.32 Å². The first-order valence-electron chi connectivity index (χ1n) is 7.77. The fraction of sp³-hybridized carbons (Fsp3) is 0.368. The van der Waals surface area contributed by atoms with Crippen LogP contribution in [0.25, 0.3) is 0 Å². The minimum absolute atomic E-state index is 0.574. The van der Waals surface area contributed by atoms with Crippen molar-refractivity contribution in [3.63, 3.8) is 0 Å². The predicted molar refractivity (Wildman–Crippen MR) is 88.3 cm³/mol. The number of nitrogens with zero attached hydrogens (tertiary/aromatic N) is 1. The van der Waals surface area contributed by atoms with Crippen LogP contribution in [0.15, 0.2) is 48.5 Å². The Balaban J connectivity index is 1.82. The molecule has 2 nitrogen and oxygen atoms in total. The second kappa shape index (κ2) is 6.42. The lowest BCUT2D eigenvalue weighted by molar-refractivity contribution is 0.161. The van der Waals surface area contributed by atoms with Gasteiger partial charge in [0.1, 0.15) is 0 Å². The summed E-state index contributed by atoms with van der Waals surface area (Å²) in [5, 5.41) is 3.35. The number of nitrogens with one attached hydrogen (secondary N) is 1. The molecule has 0 aromatic heterocycles. The van der Waals surface area contributed by atoms with Gasteiger partial charge in [0.05, 0.1) is 0 Å². The van der Waals surface area contributed by atoms with Crippen LogP contribution in [0.4, 0.5) is 0 Å². The van der Waals surface area contributed by atoms with Crippen LogP contribution >= 0.6 is 0 Å². The molecule has 2 aromatic carbocycles. The molecule has 1 heterocycles. The molecule has 0 spiro atoms. The normalized spacial score (nSPS) is 18.5. The second-order valence-electron chi connectivity index (χ2n) is 6.08. The molecule has 0 bridgehead atoms. The lowest BCUT2D eigenvalue weighted by atomic mass is 9.93. The fourth-order valence-electron chi connectivity index (χ4n) is 3.31. The van der Waals surface area contributed by atoms with E-state index in [1.54, 1.807) is 0 Å². The molecule has 110 valence electrons. The van der Waals surface area contributed by atoms with Crippen LogP contribution in [0.1, 0.15) is 22.3 Å². The van der Waals surface area contributed by atoms with Crippen molar-refractivity contribution in [1.82, 2.24) is 10.2 Å². The molecule has 0 radical (unpaired) electrons. The lowest BCUT2D eigenvalue weighted by Gasteiger charge is -2.37. The van der Waals surface area contributed by atoms with Crippen LogP contribution in [0.5, 0.6) is 0 Å². The zero-order valence-corrected chi connectivity index (χ0v) is 13.0. The van der Waals surface area contributed by atoms with Gasteiger partial charge < -0.3 is 5.32 Å². The number of aryl methyl sites for hydroxylation is 1. The van der Waals surface area contributed by atoms with E-state index < -0.39 is 0 Å². The van der Waals surface area contributed by atoms with E-state index in [1.165, 1.54) is 22.3 Å². The molecule has 1 aliphatic rings. The molecular weight excluding hydrogens is 256 g/mol. The number of likely N-dealkylation sites (N-methyl/N-ethyl adjacent to an activating group) is 1. The first kappa shape index (κ1) is 14.3. The van der Waals surface area contributed by atoms with E-state index in [-0.39, 0.29) is 0 Å². The summed E-state index contributed by atoms with van der Waals surface area (Å²) in [6.07, 6.45) is 1.14. The Kier molecular flexibility index (Phi) is 4.37. The van der Waals surface area contributed by atoms with Gasteiger partial charge in [0.25, 0.3) is 0 Å². The summed E-state index contributed by atoms with van der Waals surface area (Å²) in [6.45, 7) is 5.29. The zero-order chi connectivity index (χ0) is 14.7. The third-order valence-electron chi connectivity index (χ3n) is 4.37. The molecule has 0 fully saturated rings. The Labute approximate surface area is 127 Å². The molecule has 2 heteroatoms. The second-order valence-corrected chi connectivity index (χ2v) is 6.08. The highest BCUT2D eigenvalue weighted by molar-refractivity contribution is 5.31. The summed E-state index contributed by atoms with van der Waals surface area (Å²) in [4.78, 5) is 2.60. The Bertz CT molecular complexity index is 606. The van der Waals surface area contributed by atoms with Crippen molar-refractivity contribution >= 4 is 0 Å². The Hall–Kier alpha value is -1.64. The van der Waals surface area contributed by atoms with E-state index >= 15 is 0 Å². The highest BCUT2D eigenvalue weighted by Gasteiger charge is 2.25. The van der Waals surface area contributed by atoms with Crippen molar-refractivity contribution in [2.75, 3.05) is 13.6 Å². The van der Waals surface area contributed by atoms with Crippen LogP contribution in [-0.2, 0) is 19.5 Å². The Morgan fingerprint density at radius 2 is 1.90 bits per heavy atom. The summed E-state index contributed by atoms with van der Waals surface area (Å²) in [6, 6.07) is 18.3. The summed E-state index contributed by atoms with van der Waals surface area (Å²) >= 11 is 0. The van der Waals surface area contributed by atoms with Crippen LogP contribution in [0.2, 0.25) is 0 Å². The zero-order valence-electron chi connectivity index (χ0n) is 13.0. The summed E-state index contributed by atoms with van der Waals surface area (Å²) < 4.78 is 0. The number of rotatable bonds is 4. The van der Waals surface area contributed by atoms with Gasteiger partial charge in [0.2, 0.25) is 0 Å². The molecule has 1 unspecified atom stereocenters. The van der Waals surface area contributed by atoms with Crippen molar-refractivity contribution in [3.8, 4) is 0 Å². The van der Waals surface area contributed by atoms with Gasteiger partial charge in [0.15, 0.2) is 0 Å². The molecule has 1 N–H and O–H groups in total. The molecule has 21 heavy (non-hydrogen) atoms. The highest BCUT2D eigenvalue weighted by atomic mass is 15.2. The van der Waals surface area contributed by atoms with Gasteiger partial charge in [-0.1, -0.05) is 54.1 Å². The SMILES string of the molecule is CNCC1Cc2ccccc2CN1Cc1cccc(C)c1. The maximum atomic E-state index is 3.35. The van der Waals surface area contributed by atoms with E-state index in [4.69, 9.17) is 0 Å². The van der Waals surface area contributed by atoms with Gasteiger partial charge in [-0.25, -0.2) is 0 Å². The first-order valence-corrected chi connectivity index (χ1v) is 7.77. The van der Waals surface area contributed by atoms with Crippen LogP contribution in [-0.4, -0.2) is 24.5 Å². The maximum absolute atomic E-state index is 3.35. The molecule has 2 aromatic rings. The fourth-order valence-corrected chi connectivity index (χ4v) is 3.31. The Morgan fingerprint density at radius 1 is 1.10 bits per heavy atom. The van der Waals surface area contributed by atoms with Crippen molar-refractivity contribution in [1.29, 1.82) is 0 Å². The number of benzene rings is 2. The van der Waals surface area contributed by atoms with Gasteiger partial charge in [0, 0.05) is 25.7 Å². The number of hydrogen-bond acceptors (Lipinski definition) is 2. The van der Waals surface area contributed by atoms with E-state index in [1.807, 2.05) is 7.05 Å². The van der Waals surface area contributed by atoms with Crippen molar-refractivity contribution < 1.29 is 0 Å². The molecule has 0 saturated carbocycles. The minimum Gasteiger partial charge on any atom is -0.318 e. The van der Waals surface area contributed by atoms with Crippen molar-refractivity contribution in [3.05, 3.63) is 70.8 Å². The summed E-state index contributed by atoms with van der Waals surface area (Å²) in [5.41, 5.74) is 5.75. The standard InChI is InChI=1S/C19H24N2/c1-15-6-5-7-16(10-15)13-21-14-18-9-4-3-8-17(18)11-19(21)12-20-2/h3-10,19-20H,11-14H2,1-2H3. The summed E-state index contributed by atoms with van der Waals surface area (Å²) in [7, 11) is 2.05. The lowest BCUT2D eigenvalue weighted by Crippen LogP contribution is -2.45. The third kappa shape index (κ3) is 3.34. The molecular formula is C19H24N2. The first-order chi connectivity index (χ1) is 10.3. The number of fused-ring (bicyclic) bond motifs is 1. The minimum atomic E-state index is 0.574. The Morgan fingerprint density at radius 3 is 2.67 bits per heavy atom. The van der Waals surface area contributed by atoms with Gasteiger partial charge in [-0.2, -0.15) is 0 Å². The topological polar surface area (TPSA) is 15.3 Å².